The molecule has 144 valence electrons. The standard InChI is InChI=1S/C19H21F3N4O/c1-13-9-17(26-7-2-3-8-26)25-16(24-13)12-23-18(27)11-14-5-4-6-15(10-14)19(20,21)22/h4-6,9-10H,2-3,7-8,11-12H2,1H3,(H,23,27). The van der Waals surface area contributed by atoms with Crippen LogP contribution < -0.4 is 10.2 Å². The summed E-state index contributed by atoms with van der Waals surface area (Å²) in [6.45, 7) is 3.92. The van der Waals surface area contributed by atoms with Crippen molar-refractivity contribution in [1.29, 1.82) is 0 Å². The summed E-state index contributed by atoms with van der Waals surface area (Å²) < 4.78 is 38.3. The number of hydrogen-bond acceptors (Lipinski definition) is 4. The first-order chi connectivity index (χ1) is 12.8. The lowest BCUT2D eigenvalue weighted by Gasteiger charge is -2.17. The summed E-state index contributed by atoms with van der Waals surface area (Å²) in [4.78, 5) is 23.1. The highest BCUT2D eigenvalue weighted by Gasteiger charge is 2.30. The first kappa shape index (κ1) is 19.1. The molecule has 0 unspecified atom stereocenters. The topological polar surface area (TPSA) is 58.1 Å². The number of carbonyl (C=O) groups is 1. The molecule has 1 aromatic heterocycles. The van der Waals surface area contributed by atoms with E-state index in [9.17, 15) is 18.0 Å². The molecule has 0 spiro atoms. The highest BCUT2D eigenvalue weighted by Crippen LogP contribution is 2.29. The van der Waals surface area contributed by atoms with Crippen LogP contribution in [0.1, 0.15) is 35.5 Å². The predicted molar refractivity (Wildman–Crippen MR) is 95.2 cm³/mol. The average Bonchev–Trinajstić information content (AvgIpc) is 3.14. The van der Waals surface area contributed by atoms with E-state index >= 15 is 0 Å². The van der Waals surface area contributed by atoms with Gasteiger partial charge < -0.3 is 10.2 Å². The third kappa shape index (κ3) is 5.18. The highest BCUT2D eigenvalue weighted by atomic mass is 19.4. The number of nitrogens with zero attached hydrogens (tertiary/aromatic N) is 3. The van der Waals surface area contributed by atoms with Crippen LogP contribution in [-0.2, 0) is 23.9 Å². The maximum absolute atomic E-state index is 12.8. The molecule has 1 saturated heterocycles. The molecule has 0 saturated carbocycles. The van der Waals surface area contributed by atoms with E-state index in [0.717, 1.165) is 49.6 Å². The molecule has 3 rings (SSSR count). The van der Waals surface area contributed by atoms with Gasteiger partial charge in [0.2, 0.25) is 5.91 Å². The number of carbonyl (C=O) groups excluding carboxylic acids is 1. The van der Waals surface area contributed by atoms with Gasteiger partial charge in [0.25, 0.3) is 0 Å². The summed E-state index contributed by atoms with van der Waals surface area (Å²) in [6, 6.07) is 6.70. The van der Waals surface area contributed by atoms with Gasteiger partial charge >= 0.3 is 6.18 Å². The van der Waals surface area contributed by atoms with Gasteiger partial charge in [0.05, 0.1) is 18.5 Å². The first-order valence-electron chi connectivity index (χ1n) is 8.83. The molecule has 8 heteroatoms. The van der Waals surface area contributed by atoms with E-state index in [1.165, 1.54) is 12.1 Å². The number of hydrogen-bond donors (Lipinski definition) is 1. The van der Waals surface area contributed by atoms with E-state index in [4.69, 9.17) is 0 Å². The van der Waals surface area contributed by atoms with Crippen LogP contribution in [0.3, 0.4) is 0 Å². The predicted octanol–water partition coefficient (Wildman–Crippen LogP) is 3.26. The number of amides is 1. The fourth-order valence-electron chi connectivity index (χ4n) is 3.08. The van der Waals surface area contributed by atoms with Crippen molar-refractivity contribution in [3.63, 3.8) is 0 Å². The summed E-state index contributed by atoms with van der Waals surface area (Å²) in [5.74, 6) is 0.971. The molecule has 1 aromatic carbocycles. The third-order valence-electron chi connectivity index (χ3n) is 4.38. The normalized spacial score (nSPS) is 14.4. The van der Waals surface area contributed by atoms with E-state index in [2.05, 4.69) is 20.2 Å². The Hall–Kier alpha value is -2.64. The summed E-state index contributed by atoms with van der Waals surface area (Å²) in [5, 5.41) is 2.69. The van der Waals surface area contributed by atoms with Crippen molar-refractivity contribution in [2.45, 2.75) is 38.9 Å². The van der Waals surface area contributed by atoms with Crippen molar-refractivity contribution in [2.75, 3.05) is 18.0 Å². The Balaban J connectivity index is 1.61. The van der Waals surface area contributed by atoms with Gasteiger partial charge in [-0.05, 0) is 31.4 Å². The number of halogens is 3. The molecule has 2 heterocycles. The van der Waals surface area contributed by atoms with E-state index < -0.39 is 11.7 Å². The molecular formula is C19H21F3N4O. The Kier molecular flexibility index (Phi) is 5.62. The van der Waals surface area contributed by atoms with Gasteiger partial charge in [-0.2, -0.15) is 13.2 Å². The maximum Gasteiger partial charge on any atom is 0.416 e. The summed E-state index contributed by atoms with van der Waals surface area (Å²) >= 11 is 0. The van der Waals surface area contributed by atoms with Crippen molar-refractivity contribution in [3.05, 3.63) is 53.0 Å². The van der Waals surface area contributed by atoms with Gasteiger partial charge in [0.15, 0.2) is 0 Å². The monoisotopic (exact) mass is 378 g/mol. The second-order valence-electron chi connectivity index (χ2n) is 6.63. The quantitative estimate of drug-likeness (QED) is 0.868. The second-order valence-corrected chi connectivity index (χ2v) is 6.63. The van der Waals surface area contributed by atoms with Crippen LogP contribution in [0.15, 0.2) is 30.3 Å². The Morgan fingerprint density at radius 3 is 2.63 bits per heavy atom. The van der Waals surface area contributed by atoms with E-state index in [1.54, 1.807) is 0 Å². The highest BCUT2D eigenvalue weighted by molar-refractivity contribution is 5.78. The second kappa shape index (κ2) is 7.94. The zero-order valence-electron chi connectivity index (χ0n) is 15.0. The van der Waals surface area contributed by atoms with Gasteiger partial charge in [0.1, 0.15) is 11.6 Å². The zero-order valence-corrected chi connectivity index (χ0v) is 15.0. The van der Waals surface area contributed by atoms with Crippen molar-refractivity contribution in [2.24, 2.45) is 0 Å². The minimum absolute atomic E-state index is 0.130. The van der Waals surface area contributed by atoms with Crippen LogP contribution in [0.2, 0.25) is 0 Å². The molecule has 1 aliphatic rings. The van der Waals surface area contributed by atoms with Gasteiger partial charge in [0, 0.05) is 24.8 Å². The number of aromatic nitrogens is 2. The molecule has 27 heavy (non-hydrogen) atoms. The Morgan fingerprint density at radius 2 is 1.93 bits per heavy atom. The molecule has 0 bridgehead atoms. The van der Waals surface area contributed by atoms with E-state index in [-0.39, 0.29) is 18.9 Å². The third-order valence-corrected chi connectivity index (χ3v) is 4.38. The van der Waals surface area contributed by atoms with Crippen molar-refractivity contribution < 1.29 is 18.0 Å². The molecule has 0 atom stereocenters. The van der Waals surface area contributed by atoms with Crippen LogP contribution in [0.4, 0.5) is 19.0 Å². The molecule has 1 aliphatic heterocycles. The number of anilines is 1. The maximum atomic E-state index is 12.8. The molecular weight excluding hydrogens is 357 g/mol. The van der Waals surface area contributed by atoms with Gasteiger partial charge in [-0.1, -0.05) is 18.2 Å². The molecule has 1 amide bonds. The Morgan fingerprint density at radius 1 is 1.19 bits per heavy atom. The minimum Gasteiger partial charge on any atom is -0.357 e. The van der Waals surface area contributed by atoms with Crippen molar-refractivity contribution in [1.82, 2.24) is 15.3 Å². The van der Waals surface area contributed by atoms with Crippen molar-refractivity contribution >= 4 is 11.7 Å². The summed E-state index contributed by atoms with van der Waals surface area (Å²) in [5.41, 5.74) is 0.365. The molecule has 5 nitrogen and oxygen atoms in total. The fraction of sp³-hybridized carbons (Fsp3) is 0.421. The fourth-order valence-corrected chi connectivity index (χ4v) is 3.08. The molecule has 2 aromatic rings. The van der Waals surface area contributed by atoms with Crippen LogP contribution in [0.25, 0.3) is 0 Å². The molecule has 0 radical (unpaired) electrons. The van der Waals surface area contributed by atoms with Crippen LogP contribution >= 0.6 is 0 Å². The average molecular weight is 378 g/mol. The molecule has 1 N–H and O–H groups in total. The van der Waals surface area contributed by atoms with E-state index in [1.807, 2.05) is 13.0 Å². The van der Waals surface area contributed by atoms with Gasteiger partial charge in [-0.15, -0.1) is 0 Å². The van der Waals surface area contributed by atoms with Gasteiger partial charge in [-0.25, -0.2) is 9.97 Å². The van der Waals surface area contributed by atoms with E-state index in [0.29, 0.717) is 11.4 Å². The van der Waals surface area contributed by atoms with Crippen LogP contribution in [0, 0.1) is 6.92 Å². The van der Waals surface area contributed by atoms with Gasteiger partial charge in [-0.3, -0.25) is 4.79 Å². The SMILES string of the molecule is Cc1cc(N2CCCC2)nc(CNC(=O)Cc2cccc(C(F)(F)F)c2)n1. The lowest BCUT2D eigenvalue weighted by Crippen LogP contribution is -2.27. The number of rotatable bonds is 5. The number of benzene rings is 1. The zero-order chi connectivity index (χ0) is 19.4. The first-order valence-corrected chi connectivity index (χ1v) is 8.83. The van der Waals surface area contributed by atoms with Crippen LogP contribution in [0.5, 0.6) is 0 Å². The largest absolute Gasteiger partial charge is 0.416 e. The summed E-state index contributed by atoms with van der Waals surface area (Å²) in [6.07, 6.45) is -2.29. The molecule has 1 fully saturated rings. The smallest absolute Gasteiger partial charge is 0.357 e. The lowest BCUT2D eigenvalue weighted by molar-refractivity contribution is -0.137. The lowest BCUT2D eigenvalue weighted by atomic mass is 10.1. The Bertz CT molecular complexity index is 817. The molecule has 0 aliphatic carbocycles. The Labute approximate surface area is 155 Å². The van der Waals surface area contributed by atoms with Crippen molar-refractivity contribution in [3.8, 4) is 0 Å². The summed E-state index contributed by atoms with van der Waals surface area (Å²) in [7, 11) is 0. The number of alkyl halides is 3. The number of nitrogens with one attached hydrogen (secondary N) is 1. The van der Waals surface area contributed by atoms with Crippen LogP contribution in [-0.4, -0.2) is 29.0 Å². The minimum atomic E-state index is -4.42. The number of aryl methyl sites for hydroxylation is 1.